The van der Waals surface area contributed by atoms with Gasteiger partial charge in [0.15, 0.2) is 0 Å². The van der Waals surface area contributed by atoms with Gasteiger partial charge in [-0.3, -0.25) is 9.59 Å². The minimum atomic E-state index is -0.604. The van der Waals surface area contributed by atoms with E-state index in [-0.39, 0.29) is 17.7 Å². The Balaban J connectivity index is 3.65. The molecule has 0 saturated heterocycles. The average molecular weight is 471 g/mol. The van der Waals surface area contributed by atoms with Crippen molar-refractivity contribution in [2.24, 2.45) is 5.92 Å². The van der Waals surface area contributed by atoms with Crippen molar-refractivity contribution < 1.29 is 9.59 Å². The summed E-state index contributed by atoms with van der Waals surface area (Å²) in [5.41, 5.74) is 0. The molecule has 0 bridgehead atoms. The first kappa shape index (κ1) is 31.3. The number of thioether (sulfide) groups is 1. The van der Waals surface area contributed by atoms with Gasteiger partial charge in [0, 0.05) is 26.6 Å². The van der Waals surface area contributed by atoms with Crippen LogP contribution in [0.3, 0.4) is 0 Å². The van der Waals surface area contributed by atoms with Gasteiger partial charge in [-0.25, -0.2) is 0 Å². The van der Waals surface area contributed by atoms with E-state index in [4.69, 9.17) is 0 Å². The summed E-state index contributed by atoms with van der Waals surface area (Å²) >= 11 is 1.50. The Morgan fingerprint density at radius 1 is 0.812 bits per heavy atom. The van der Waals surface area contributed by atoms with Crippen LogP contribution in [-0.2, 0) is 9.59 Å². The molecule has 190 valence electrons. The summed E-state index contributed by atoms with van der Waals surface area (Å²) in [6, 6.07) is 0. The lowest BCUT2D eigenvalue weighted by atomic mass is 10.00. The summed E-state index contributed by atoms with van der Waals surface area (Å²) in [5.74, 6) is 0.125. The van der Waals surface area contributed by atoms with Crippen molar-refractivity contribution in [2.45, 2.75) is 128 Å². The second-order valence-corrected chi connectivity index (χ2v) is 11.3. The zero-order chi connectivity index (χ0) is 24.2. The molecule has 0 aromatic rings. The van der Waals surface area contributed by atoms with Crippen LogP contribution in [0.15, 0.2) is 0 Å². The van der Waals surface area contributed by atoms with Crippen molar-refractivity contribution in [2.75, 3.05) is 26.9 Å². The van der Waals surface area contributed by atoms with Crippen molar-refractivity contribution >= 4 is 23.6 Å². The Morgan fingerprint density at radius 3 is 1.59 bits per heavy atom. The highest BCUT2D eigenvalue weighted by Crippen LogP contribution is 2.24. The number of rotatable bonds is 21. The highest BCUT2D eigenvalue weighted by molar-refractivity contribution is 8.00. The van der Waals surface area contributed by atoms with Crippen LogP contribution in [0.5, 0.6) is 0 Å². The molecule has 2 unspecified atom stereocenters. The second-order valence-electron chi connectivity index (χ2n) is 9.99. The summed E-state index contributed by atoms with van der Waals surface area (Å²) in [4.78, 5) is 26.4. The number of hydrogen-bond donors (Lipinski definition) is 1. The summed E-state index contributed by atoms with van der Waals surface area (Å²) in [6.07, 6.45) is 23.2. The van der Waals surface area contributed by atoms with E-state index in [1.807, 2.05) is 20.1 Å². The smallest absolute Gasteiger partial charge is 0.239 e. The van der Waals surface area contributed by atoms with Crippen LogP contribution in [0.25, 0.3) is 0 Å². The predicted molar refractivity (Wildman–Crippen MR) is 142 cm³/mol. The Hall–Kier alpha value is -0.710. The molecule has 0 aromatic carbocycles. The third kappa shape index (κ3) is 15.2. The first-order valence-electron chi connectivity index (χ1n) is 13.3. The van der Waals surface area contributed by atoms with Crippen LogP contribution in [0.1, 0.15) is 124 Å². The lowest BCUT2D eigenvalue weighted by Crippen LogP contribution is -2.49. The lowest BCUT2D eigenvalue weighted by molar-refractivity contribution is -0.131. The maximum atomic E-state index is 12.4. The molecular formula is C27H54N2O2S. The number of hydrogen-bond acceptors (Lipinski definition) is 3. The Morgan fingerprint density at radius 2 is 1.22 bits per heavy atom. The molecule has 0 heterocycles. The molecule has 32 heavy (non-hydrogen) atoms. The van der Waals surface area contributed by atoms with Crippen molar-refractivity contribution in [3.63, 3.8) is 0 Å². The molecule has 5 heteroatoms. The first-order valence-corrected chi connectivity index (χ1v) is 14.6. The predicted octanol–water partition coefficient (Wildman–Crippen LogP) is 7.21. The van der Waals surface area contributed by atoms with Gasteiger partial charge in [0.1, 0.15) is 4.75 Å². The Kier molecular flexibility index (Phi) is 19.3. The number of carbonyl (C=O) groups is 2. The number of nitrogens with one attached hydrogen (secondary N) is 1. The van der Waals surface area contributed by atoms with Gasteiger partial charge in [-0.15, -0.1) is 11.8 Å². The van der Waals surface area contributed by atoms with E-state index in [1.54, 1.807) is 19.0 Å². The molecule has 0 saturated carbocycles. The largest absolute Gasteiger partial charge is 0.354 e. The molecule has 2 amide bonds. The normalized spacial score (nSPS) is 14.1. The van der Waals surface area contributed by atoms with Crippen molar-refractivity contribution in [1.29, 1.82) is 0 Å². The number of nitrogens with zero attached hydrogens (tertiary/aromatic N) is 1. The summed E-state index contributed by atoms with van der Waals surface area (Å²) in [7, 11) is 3.52. The first-order chi connectivity index (χ1) is 15.3. The fourth-order valence-electron chi connectivity index (χ4n) is 4.09. The van der Waals surface area contributed by atoms with Crippen LogP contribution < -0.4 is 5.32 Å². The maximum absolute atomic E-state index is 12.4. The third-order valence-corrected chi connectivity index (χ3v) is 7.82. The van der Waals surface area contributed by atoms with Gasteiger partial charge >= 0.3 is 0 Å². The quantitative estimate of drug-likeness (QED) is 0.180. The molecule has 0 aliphatic heterocycles. The maximum Gasteiger partial charge on any atom is 0.239 e. The average Bonchev–Trinajstić information content (AvgIpc) is 2.78. The standard InChI is InChI=1S/C27H54N2O2S/c1-7-8-9-10-11-12-13-14-15-16-17-18-19-20-21-22-24(2)25(30)28-23-27(3,32-6)26(31)29(4)5/h24H,7-23H2,1-6H3,(H,28,30). The van der Waals surface area contributed by atoms with Gasteiger partial charge in [0.05, 0.1) is 0 Å². The lowest BCUT2D eigenvalue weighted by Gasteiger charge is -2.30. The van der Waals surface area contributed by atoms with Crippen LogP contribution >= 0.6 is 11.8 Å². The molecular weight excluding hydrogens is 416 g/mol. The fourth-order valence-corrected chi connectivity index (χ4v) is 4.66. The van der Waals surface area contributed by atoms with Crippen LogP contribution in [0.4, 0.5) is 0 Å². The topological polar surface area (TPSA) is 49.4 Å². The Bertz CT molecular complexity index is 484. The van der Waals surface area contributed by atoms with E-state index in [2.05, 4.69) is 12.2 Å². The number of carbonyl (C=O) groups excluding carboxylic acids is 2. The van der Waals surface area contributed by atoms with Gasteiger partial charge in [0.25, 0.3) is 0 Å². The Labute approximate surface area is 204 Å². The van der Waals surface area contributed by atoms with E-state index >= 15 is 0 Å². The van der Waals surface area contributed by atoms with Gasteiger partial charge < -0.3 is 10.2 Å². The van der Waals surface area contributed by atoms with Crippen LogP contribution in [0.2, 0.25) is 0 Å². The molecule has 0 radical (unpaired) electrons. The molecule has 0 aliphatic rings. The van der Waals surface area contributed by atoms with Crippen molar-refractivity contribution in [1.82, 2.24) is 10.2 Å². The zero-order valence-electron chi connectivity index (χ0n) is 22.3. The molecule has 0 aliphatic carbocycles. The highest BCUT2D eigenvalue weighted by Gasteiger charge is 2.34. The van der Waals surface area contributed by atoms with Gasteiger partial charge in [-0.2, -0.15) is 0 Å². The molecule has 0 spiro atoms. The molecule has 2 atom stereocenters. The van der Waals surface area contributed by atoms with Gasteiger partial charge in [0.2, 0.25) is 11.8 Å². The molecule has 1 N–H and O–H groups in total. The number of unbranched alkanes of at least 4 members (excludes halogenated alkanes) is 14. The van der Waals surface area contributed by atoms with Crippen LogP contribution in [-0.4, -0.2) is 48.4 Å². The third-order valence-electron chi connectivity index (χ3n) is 6.60. The summed E-state index contributed by atoms with van der Waals surface area (Å²) in [6.45, 7) is 6.57. The minimum absolute atomic E-state index is 0.0116. The van der Waals surface area contributed by atoms with Crippen molar-refractivity contribution in [3.05, 3.63) is 0 Å². The van der Waals surface area contributed by atoms with Gasteiger partial charge in [-0.05, 0) is 19.6 Å². The van der Waals surface area contributed by atoms with E-state index < -0.39 is 4.75 Å². The fraction of sp³-hybridized carbons (Fsp3) is 0.926. The van der Waals surface area contributed by atoms with E-state index in [1.165, 1.54) is 102 Å². The number of amides is 2. The van der Waals surface area contributed by atoms with Gasteiger partial charge in [-0.1, -0.05) is 110 Å². The summed E-state index contributed by atoms with van der Waals surface area (Å²) in [5, 5.41) is 3.00. The van der Waals surface area contributed by atoms with Crippen molar-refractivity contribution in [3.8, 4) is 0 Å². The van der Waals surface area contributed by atoms with E-state index in [0.717, 1.165) is 12.8 Å². The minimum Gasteiger partial charge on any atom is -0.354 e. The summed E-state index contributed by atoms with van der Waals surface area (Å²) < 4.78 is -0.604. The highest BCUT2D eigenvalue weighted by atomic mass is 32.2. The second kappa shape index (κ2) is 19.7. The molecule has 0 fully saturated rings. The van der Waals surface area contributed by atoms with E-state index in [0.29, 0.717) is 6.54 Å². The zero-order valence-corrected chi connectivity index (χ0v) is 23.1. The van der Waals surface area contributed by atoms with Crippen LogP contribution in [0, 0.1) is 5.92 Å². The monoisotopic (exact) mass is 470 g/mol. The molecule has 0 rings (SSSR count). The molecule has 4 nitrogen and oxygen atoms in total. The molecule has 0 aromatic heterocycles. The van der Waals surface area contributed by atoms with E-state index in [9.17, 15) is 9.59 Å². The SMILES string of the molecule is CCCCCCCCCCCCCCCCCC(C)C(=O)NCC(C)(SC)C(=O)N(C)C.